The van der Waals surface area contributed by atoms with Gasteiger partial charge in [-0.15, -0.1) is 0 Å². The summed E-state index contributed by atoms with van der Waals surface area (Å²) in [6.45, 7) is 1.70. The van der Waals surface area contributed by atoms with Gasteiger partial charge in [0.1, 0.15) is 17.3 Å². The Morgan fingerprint density at radius 3 is 2.92 bits per heavy atom. The fraction of sp³-hybridized carbons (Fsp3) is 0.450. The Kier molecular flexibility index (Phi) is 4.04. The Labute approximate surface area is 147 Å². The lowest BCUT2D eigenvalue weighted by Crippen LogP contribution is -2.39. The molecule has 2 aliphatic rings. The van der Waals surface area contributed by atoms with Crippen molar-refractivity contribution in [1.82, 2.24) is 10.1 Å². The molecule has 0 aliphatic heterocycles. The van der Waals surface area contributed by atoms with Gasteiger partial charge in [0.15, 0.2) is 5.76 Å². The van der Waals surface area contributed by atoms with Crippen LogP contribution in [0.25, 0.3) is 0 Å². The van der Waals surface area contributed by atoms with Crippen LogP contribution in [0.15, 0.2) is 28.8 Å². The fourth-order valence-electron chi connectivity index (χ4n) is 3.92. The second-order valence-corrected chi connectivity index (χ2v) is 6.99. The van der Waals surface area contributed by atoms with E-state index in [1.807, 2.05) is 0 Å². The van der Waals surface area contributed by atoms with Gasteiger partial charge in [0.05, 0.1) is 12.5 Å². The van der Waals surface area contributed by atoms with E-state index < -0.39 is 0 Å². The zero-order valence-electron chi connectivity index (χ0n) is 14.4. The molecule has 128 valence electrons. The van der Waals surface area contributed by atoms with Gasteiger partial charge < -0.3 is 9.42 Å². The van der Waals surface area contributed by atoms with Crippen LogP contribution in [0.3, 0.4) is 0 Å². The zero-order valence-corrected chi connectivity index (χ0v) is 14.4. The molecule has 1 heterocycles. The summed E-state index contributed by atoms with van der Waals surface area (Å²) in [5.41, 5.74) is 3.49. The number of rotatable bonds is 4. The van der Waals surface area contributed by atoms with Crippen LogP contribution in [-0.4, -0.2) is 22.0 Å². The van der Waals surface area contributed by atoms with Gasteiger partial charge in [-0.05, 0) is 50.2 Å². The SMILES string of the molecule is Cc1onc(CC(=O)N(C2CC2)C2CCCc3ccccc32)c1C#N. The number of fused-ring (bicyclic) bond motifs is 1. The van der Waals surface area contributed by atoms with Crippen molar-refractivity contribution in [2.24, 2.45) is 0 Å². The maximum Gasteiger partial charge on any atom is 0.229 e. The van der Waals surface area contributed by atoms with Gasteiger partial charge in [-0.2, -0.15) is 5.26 Å². The maximum absolute atomic E-state index is 13.1. The van der Waals surface area contributed by atoms with Crippen LogP contribution in [0.1, 0.15) is 59.9 Å². The predicted octanol–water partition coefficient (Wildman–Crippen LogP) is 3.47. The summed E-state index contributed by atoms with van der Waals surface area (Å²) in [6, 6.07) is 11.0. The van der Waals surface area contributed by atoms with Crippen molar-refractivity contribution in [1.29, 1.82) is 5.26 Å². The summed E-state index contributed by atoms with van der Waals surface area (Å²) in [6.07, 6.45) is 5.45. The van der Waals surface area contributed by atoms with Crippen molar-refractivity contribution in [3.8, 4) is 6.07 Å². The molecule has 0 saturated heterocycles. The second kappa shape index (κ2) is 6.36. The smallest absolute Gasteiger partial charge is 0.229 e. The summed E-state index contributed by atoms with van der Waals surface area (Å²) in [4.78, 5) is 15.2. The van der Waals surface area contributed by atoms with E-state index in [-0.39, 0.29) is 18.4 Å². The third kappa shape index (κ3) is 2.93. The molecular formula is C20H21N3O2. The van der Waals surface area contributed by atoms with Gasteiger partial charge in [0.25, 0.3) is 0 Å². The molecule has 5 heteroatoms. The molecule has 1 atom stereocenters. The van der Waals surface area contributed by atoms with Crippen molar-refractivity contribution in [3.63, 3.8) is 0 Å². The highest BCUT2D eigenvalue weighted by Gasteiger charge is 2.39. The molecule has 4 rings (SSSR count). The molecule has 1 saturated carbocycles. The third-order valence-corrected chi connectivity index (χ3v) is 5.27. The van der Waals surface area contributed by atoms with E-state index >= 15 is 0 Å². The molecule has 0 bridgehead atoms. The largest absolute Gasteiger partial charge is 0.360 e. The number of carbonyl (C=O) groups is 1. The Hall–Kier alpha value is -2.61. The first-order chi connectivity index (χ1) is 12.2. The molecule has 5 nitrogen and oxygen atoms in total. The molecule has 1 aromatic carbocycles. The highest BCUT2D eigenvalue weighted by atomic mass is 16.5. The summed E-state index contributed by atoms with van der Waals surface area (Å²) in [5.74, 6) is 0.528. The van der Waals surface area contributed by atoms with Crippen LogP contribution in [0.2, 0.25) is 0 Å². The average molecular weight is 335 g/mol. The van der Waals surface area contributed by atoms with Crippen LogP contribution < -0.4 is 0 Å². The molecule has 2 aromatic rings. The summed E-state index contributed by atoms with van der Waals surface area (Å²) in [7, 11) is 0. The van der Waals surface area contributed by atoms with Gasteiger partial charge >= 0.3 is 0 Å². The number of nitriles is 1. The number of benzene rings is 1. The normalized spacial score (nSPS) is 19.1. The van der Waals surface area contributed by atoms with E-state index in [4.69, 9.17) is 4.52 Å². The van der Waals surface area contributed by atoms with Gasteiger partial charge in [-0.25, -0.2) is 0 Å². The van der Waals surface area contributed by atoms with Crippen LogP contribution in [0, 0.1) is 18.3 Å². The van der Waals surface area contributed by atoms with Crippen molar-refractivity contribution in [2.75, 3.05) is 0 Å². The maximum atomic E-state index is 13.1. The lowest BCUT2D eigenvalue weighted by Gasteiger charge is -2.36. The van der Waals surface area contributed by atoms with Crippen molar-refractivity contribution < 1.29 is 9.32 Å². The monoisotopic (exact) mass is 335 g/mol. The van der Waals surface area contributed by atoms with Gasteiger partial charge in [0.2, 0.25) is 5.91 Å². The topological polar surface area (TPSA) is 70.1 Å². The van der Waals surface area contributed by atoms with Crippen LogP contribution in [0.4, 0.5) is 0 Å². The van der Waals surface area contributed by atoms with E-state index in [2.05, 4.69) is 40.4 Å². The quantitative estimate of drug-likeness (QED) is 0.858. The highest BCUT2D eigenvalue weighted by Crippen LogP contribution is 2.41. The number of carbonyl (C=O) groups excluding carboxylic acids is 1. The van der Waals surface area contributed by atoms with Gasteiger partial charge in [-0.3, -0.25) is 4.79 Å². The Morgan fingerprint density at radius 1 is 1.36 bits per heavy atom. The van der Waals surface area contributed by atoms with Crippen molar-refractivity contribution in [2.45, 2.75) is 57.5 Å². The first-order valence-electron chi connectivity index (χ1n) is 8.93. The highest BCUT2D eigenvalue weighted by molar-refractivity contribution is 5.80. The number of hydrogen-bond acceptors (Lipinski definition) is 4. The first kappa shape index (κ1) is 15.9. The molecule has 1 unspecified atom stereocenters. The molecule has 1 amide bonds. The number of aryl methyl sites for hydroxylation is 2. The van der Waals surface area contributed by atoms with Gasteiger partial charge in [0, 0.05) is 6.04 Å². The number of aromatic nitrogens is 1. The number of amides is 1. The van der Waals surface area contributed by atoms with Crippen LogP contribution in [-0.2, 0) is 17.6 Å². The predicted molar refractivity (Wildman–Crippen MR) is 91.6 cm³/mol. The summed E-state index contributed by atoms with van der Waals surface area (Å²) in [5, 5.41) is 13.2. The number of hydrogen-bond donors (Lipinski definition) is 0. The van der Waals surface area contributed by atoms with E-state index in [1.54, 1.807) is 6.92 Å². The van der Waals surface area contributed by atoms with Crippen molar-refractivity contribution in [3.05, 3.63) is 52.4 Å². The van der Waals surface area contributed by atoms with E-state index in [0.29, 0.717) is 23.1 Å². The second-order valence-electron chi connectivity index (χ2n) is 6.99. The molecule has 0 N–H and O–H groups in total. The minimum absolute atomic E-state index is 0.0500. The molecule has 1 fully saturated rings. The van der Waals surface area contributed by atoms with E-state index in [0.717, 1.165) is 32.1 Å². The van der Waals surface area contributed by atoms with Crippen LogP contribution in [0.5, 0.6) is 0 Å². The molecule has 0 radical (unpaired) electrons. The van der Waals surface area contributed by atoms with Crippen molar-refractivity contribution >= 4 is 5.91 Å². The Balaban J connectivity index is 1.62. The Morgan fingerprint density at radius 2 is 2.16 bits per heavy atom. The first-order valence-corrected chi connectivity index (χ1v) is 8.93. The average Bonchev–Trinajstić information content (AvgIpc) is 3.39. The summed E-state index contributed by atoms with van der Waals surface area (Å²) < 4.78 is 5.10. The minimum Gasteiger partial charge on any atom is -0.360 e. The third-order valence-electron chi connectivity index (χ3n) is 5.27. The molecule has 2 aliphatic carbocycles. The summed E-state index contributed by atoms with van der Waals surface area (Å²) >= 11 is 0. The van der Waals surface area contributed by atoms with Crippen LogP contribution >= 0.6 is 0 Å². The molecule has 0 spiro atoms. The lowest BCUT2D eigenvalue weighted by atomic mass is 9.86. The van der Waals surface area contributed by atoms with Gasteiger partial charge in [-0.1, -0.05) is 29.4 Å². The molecule has 25 heavy (non-hydrogen) atoms. The van der Waals surface area contributed by atoms with E-state index in [1.165, 1.54) is 11.1 Å². The fourth-order valence-corrected chi connectivity index (χ4v) is 3.92. The zero-order chi connectivity index (χ0) is 17.4. The minimum atomic E-state index is 0.0500. The van der Waals surface area contributed by atoms with E-state index in [9.17, 15) is 10.1 Å². The standard InChI is InChI=1S/C20H21N3O2/c1-13-17(12-21)18(22-25-13)11-20(24)23(15-9-10-15)19-8-4-6-14-5-2-3-7-16(14)19/h2-3,5,7,15,19H,4,6,8-11H2,1H3. The molecular weight excluding hydrogens is 314 g/mol. The Bertz CT molecular complexity index is 845. The molecule has 1 aromatic heterocycles. The lowest BCUT2D eigenvalue weighted by molar-refractivity contribution is -0.134. The number of nitrogens with zero attached hydrogens (tertiary/aromatic N) is 3.